The molecule has 1 N–H and O–H groups in total. The van der Waals surface area contributed by atoms with Gasteiger partial charge in [-0.2, -0.15) is 5.10 Å². The van der Waals surface area contributed by atoms with Gasteiger partial charge in [0.1, 0.15) is 11.4 Å². The zero-order valence-electron chi connectivity index (χ0n) is 19.6. The first-order valence-corrected chi connectivity index (χ1v) is 11.6. The summed E-state index contributed by atoms with van der Waals surface area (Å²) in [6.45, 7) is 6.16. The Morgan fingerprint density at radius 2 is 2.06 bits per heavy atom. The number of hydrogen-bond donors (Lipinski definition) is 1. The van der Waals surface area contributed by atoms with Gasteiger partial charge in [0.25, 0.3) is 0 Å². The highest BCUT2D eigenvalue weighted by molar-refractivity contribution is 5.75. The first-order valence-electron chi connectivity index (χ1n) is 11.6. The van der Waals surface area contributed by atoms with Gasteiger partial charge in [0.05, 0.1) is 18.2 Å². The number of amides is 2. The Morgan fingerprint density at radius 1 is 1.24 bits per heavy atom. The number of aromatic nitrogens is 2. The molecule has 2 heterocycles. The molecule has 1 atom stereocenters. The molecule has 7 heteroatoms. The predicted molar refractivity (Wildman–Crippen MR) is 128 cm³/mol. The van der Waals surface area contributed by atoms with E-state index >= 15 is 0 Å². The summed E-state index contributed by atoms with van der Waals surface area (Å²) < 4.78 is 13.9. The first kappa shape index (κ1) is 22.9. The van der Waals surface area contributed by atoms with Gasteiger partial charge in [-0.05, 0) is 44.4 Å². The molecule has 2 amide bonds. The predicted octanol–water partition coefficient (Wildman–Crippen LogP) is 4.90. The van der Waals surface area contributed by atoms with Gasteiger partial charge in [-0.3, -0.25) is 0 Å². The second-order valence-corrected chi connectivity index (χ2v) is 8.39. The van der Waals surface area contributed by atoms with Crippen LogP contribution in [0.3, 0.4) is 0 Å². The van der Waals surface area contributed by atoms with Crippen LogP contribution in [0.4, 0.5) is 4.79 Å². The van der Waals surface area contributed by atoms with Crippen LogP contribution in [0.25, 0.3) is 11.3 Å². The second-order valence-electron chi connectivity index (χ2n) is 8.39. The third-order valence-electron chi connectivity index (χ3n) is 5.75. The van der Waals surface area contributed by atoms with Crippen molar-refractivity contribution in [2.45, 2.75) is 39.3 Å². The van der Waals surface area contributed by atoms with Crippen molar-refractivity contribution in [3.05, 3.63) is 65.7 Å². The molecule has 1 aromatic heterocycles. The molecule has 4 rings (SSSR count). The fraction of sp³-hybridized carbons (Fsp3) is 0.385. The lowest BCUT2D eigenvalue weighted by atomic mass is 10.1. The Labute approximate surface area is 195 Å². The van der Waals surface area contributed by atoms with E-state index in [0.717, 1.165) is 47.6 Å². The van der Waals surface area contributed by atoms with Crippen LogP contribution >= 0.6 is 0 Å². The van der Waals surface area contributed by atoms with Crippen LogP contribution in [0.5, 0.6) is 11.6 Å². The van der Waals surface area contributed by atoms with Gasteiger partial charge in [0.15, 0.2) is 0 Å². The lowest BCUT2D eigenvalue weighted by molar-refractivity contribution is 0.0794. The Hall–Kier alpha value is -3.32. The van der Waals surface area contributed by atoms with Gasteiger partial charge >= 0.3 is 6.03 Å². The largest absolute Gasteiger partial charge is 0.439 e. The minimum Gasteiger partial charge on any atom is -0.439 e. The minimum atomic E-state index is -0.114. The average molecular weight is 449 g/mol. The molecular weight excluding hydrogens is 416 g/mol. The highest BCUT2D eigenvalue weighted by atomic mass is 16.5. The molecule has 1 aliphatic heterocycles. The third-order valence-corrected chi connectivity index (χ3v) is 5.75. The van der Waals surface area contributed by atoms with Crippen LogP contribution in [0.2, 0.25) is 0 Å². The van der Waals surface area contributed by atoms with E-state index in [1.165, 1.54) is 0 Å². The van der Waals surface area contributed by atoms with Crippen LogP contribution in [-0.4, -0.2) is 46.5 Å². The van der Waals surface area contributed by atoms with E-state index in [0.29, 0.717) is 25.5 Å². The van der Waals surface area contributed by atoms with E-state index in [1.54, 1.807) is 4.68 Å². The second kappa shape index (κ2) is 10.5. The summed E-state index contributed by atoms with van der Waals surface area (Å²) in [5.41, 5.74) is 3.77. The Bertz CT molecular complexity index is 1070. The van der Waals surface area contributed by atoms with Crippen molar-refractivity contribution in [2.24, 2.45) is 7.05 Å². The molecule has 2 aromatic carbocycles. The van der Waals surface area contributed by atoms with Crippen LogP contribution in [0.15, 0.2) is 54.6 Å². The number of carbonyl (C=O) groups excluding carboxylic acids is 1. The molecule has 1 aliphatic rings. The number of nitrogens with zero attached hydrogens (tertiary/aromatic N) is 3. The highest BCUT2D eigenvalue weighted by Crippen LogP contribution is 2.34. The molecule has 3 aromatic rings. The van der Waals surface area contributed by atoms with Crippen molar-refractivity contribution in [1.82, 2.24) is 20.0 Å². The summed E-state index contributed by atoms with van der Waals surface area (Å²) in [7, 11) is 1.87. The van der Waals surface area contributed by atoms with E-state index in [2.05, 4.69) is 5.32 Å². The lowest BCUT2D eigenvalue weighted by Crippen LogP contribution is -2.43. The Morgan fingerprint density at radius 3 is 2.76 bits per heavy atom. The summed E-state index contributed by atoms with van der Waals surface area (Å²) in [4.78, 5) is 14.8. The molecule has 33 heavy (non-hydrogen) atoms. The quantitative estimate of drug-likeness (QED) is 0.532. The molecule has 0 bridgehead atoms. The Kier molecular flexibility index (Phi) is 7.29. The van der Waals surface area contributed by atoms with Crippen LogP contribution in [0.1, 0.15) is 30.9 Å². The van der Waals surface area contributed by atoms with Crippen molar-refractivity contribution >= 4 is 6.03 Å². The van der Waals surface area contributed by atoms with Gasteiger partial charge < -0.3 is 19.7 Å². The van der Waals surface area contributed by atoms with Crippen LogP contribution < -0.4 is 10.1 Å². The van der Waals surface area contributed by atoms with Gasteiger partial charge in [-0.25, -0.2) is 9.48 Å². The first-order chi connectivity index (χ1) is 16.0. The maximum atomic E-state index is 13.0. The highest BCUT2D eigenvalue weighted by Gasteiger charge is 2.27. The average Bonchev–Trinajstić information content (AvgIpc) is 3.43. The number of nitrogens with one attached hydrogen (secondary N) is 1. The molecular formula is C26H32N4O3. The van der Waals surface area contributed by atoms with Crippen LogP contribution in [0, 0.1) is 6.92 Å². The maximum absolute atomic E-state index is 13.0. The number of carbonyl (C=O) groups is 1. The summed E-state index contributed by atoms with van der Waals surface area (Å²) in [6.07, 6.45) is 2.03. The molecule has 0 spiro atoms. The van der Waals surface area contributed by atoms with E-state index in [4.69, 9.17) is 14.6 Å². The van der Waals surface area contributed by atoms with Gasteiger partial charge in [0, 0.05) is 32.3 Å². The van der Waals surface area contributed by atoms with Crippen LogP contribution in [-0.2, 0) is 18.3 Å². The number of hydrogen-bond acceptors (Lipinski definition) is 4. The topological polar surface area (TPSA) is 68.6 Å². The van der Waals surface area contributed by atoms with Crippen molar-refractivity contribution in [2.75, 3.05) is 19.7 Å². The molecule has 0 radical (unpaired) electrons. The number of aryl methyl sites for hydroxylation is 2. The van der Waals surface area contributed by atoms with Gasteiger partial charge in [-0.1, -0.05) is 42.5 Å². The number of rotatable bonds is 8. The summed E-state index contributed by atoms with van der Waals surface area (Å²) >= 11 is 0. The molecule has 1 saturated heterocycles. The van der Waals surface area contributed by atoms with E-state index in [-0.39, 0.29) is 12.1 Å². The SMILES string of the molecule is CCNC(=O)N(Cc1c(-c2ccccc2)nn(C)c1Oc1cccc(C)c1)CC1CCCO1. The van der Waals surface area contributed by atoms with Gasteiger partial charge in [0.2, 0.25) is 5.88 Å². The standard InChI is InChI=1S/C26H32N4O3/c1-4-27-26(31)30(17-22-14-9-15-32-22)18-23-24(20-11-6-5-7-12-20)28-29(3)25(23)33-21-13-8-10-19(2)16-21/h5-8,10-13,16,22H,4,9,14-15,17-18H2,1-3H3,(H,27,31). The fourth-order valence-electron chi connectivity index (χ4n) is 4.15. The van der Waals surface area contributed by atoms with E-state index in [9.17, 15) is 4.79 Å². The third kappa shape index (κ3) is 5.54. The van der Waals surface area contributed by atoms with Gasteiger partial charge in [-0.15, -0.1) is 0 Å². The number of ether oxygens (including phenoxy) is 2. The summed E-state index contributed by atoms with van der Waals surface area (Å²) in [6, 6.07) is 17.8. The monoisotopic (exact) mass is 448 g/mol. The number of urea groups is 1. The molecule has 0 saturated carbocycles. The zero-order chi connectivity index (χ0) is 23.2. The summed E-state index contributed by atoms with van der Waals surface area (Å²) in [5, 5.41) is 7.74. The maximum Gasteiger partial charge on any atom is 0.317 e. The molecule has 174 valence electrons. The van der Waals surface area contributed by atoms with E-state index in [1.807, 2.05) is 80.4 Å². The molecule has 7 nitrogen and oxygen atoms in total. The van der Waals surface area contributed by atoms with E-state index < -0.39 is 0 Å². The molecule has 0 aliphatic carbocycles. The molecule has 1 fully saturated rings. The Balaban J connectivity index is 1.73. The van der Waals surface area contributed by atoms with Crippen molar-refractivity contribution in [1.29, 1.82) is 0 Å². The fourth-order valence-corrected chi connectivity index (χ4v) is 4.15. The minimum absolute atomic E-state index is 0.0468. The number of benzene rings is 2. The smallest absolute Gasteiger partial charge is 0.317 e. The lowest BCUT2D eigenvalue weighted by Gasteiger charge is -2.26. The zero-order valence-corrected chi connectivity index (χ0v) is 19.6. The van der Waals surface area contributed by atoms with Crippen molar-refractivity contribution < 1.29 is 14.3 Å². The summed E-state index contributed by atoms with van der Waals surface area (Å²) in [5.74, 6) is 1.36. The van der Waals surface area contributed by atoms with Crippen molar-refractivity contribution in [3.63, 3.8) is 0 Å². The van der Waals surface area contributed by atoms with Crippen molar-refractivity contribution in [3.8, 4) is 22.9 Å². The normalized spacial score (nSPS) is 15.4. The molecule has 1 unspecified atom stereocenters.